The third-order valence-corrected chi connectivity index (χ3v) is 4.65. The Morgan fingerprint density at radius 3 is 2.70 bits per heavy atom. The number of anilines is 1. The second-order valence-corrected chi connectivity index (χ2v) is 6.29. The van der Waals surface area contributed by atoms with Crippen molar-refractivity contribution in [3.63, 3.8) is 0 Å². The molecule has 2 heterocycles. The van der Waals surface area contributed by atoms with E-state index in [-0.39, 0.29) is 18.1 Å². The van der Waals surface area contributed by atoms with E-state index in [1.54, 1.807) is 11.1 Å². The minimum Gasteiger partial charge on any atom is -0.441 e. The van der Waals surface area contributed by atoms with Crippen LogP contribution >= 0.6 is 0 Å². The zero-order chi connectivity index (χ0) is 14.2. The number of carbonyl (C=O) groups excluding carboxylic acids is 1. The third-order valence-electron chi connectivity index (χ3n) is 4.65. The molecular formula is C15H20N2O3. The van der Waals surface area contributed by atoms with Crippen LogP contribution in [0.5, 0.6) is 0 Å². The first-order chi connectivity index (χ1) is 9.56. The van der Waals surface area contributed by atoms with E-state index in [2.05, 4.69) is 11.9 Å². The molecule has 1 spiro atoms. The molecule has 2 aliphatic rings. The van der Waals surface area contributed by atoms with Crippen LogP contribution in [0.3, 0.4) is 0 Å². The van der Waals surface area contributed by atoms with Crippen molar-refractivity contribution >= 4 is 11.9 Å². The van der Waals surface area contributed by atoms with Gasteiger partial charge in [0.15, 0.2) is 0 Å². The molecule has 108 valence electrons. The Labute approximate surface area is 118 Å². The number of hydrogen-bond donors (Lipinski definition) is 1. The van der Waals surface area contributed by atoms with E-state index in [1.807, 2.05) is 18.2 Å². The van der Waals surface area contributed by atoms with Crippen LogP contribution in [0.25, 0.3) is 0 Å². The summed E-state index contributed by atoms with van der Waals surface area (Å²) in [4.78, 5) is 17.9. The summed E-state index contributed by atoms with van der Waals surface area (Å²) < 4.78 is 5.66. The van der Waals surface area contributed by atoms with E-state index in [0.717, 1.165) is 25.7 Å². The van der Waals surface area contributed by atoms with E-state index in [1.165, 1.54) is 0 Å². The van der Waals surface area contributed by atoms with Crippen LogP contribution in [-0.4, -0.2) is 34.9 Å². The standard InChI is InChI=1S/C15H20N2O3/c1-14(11-18)5-7-15(8-6-14)10-17(13(19)20-15)12-4-2-3-9-16-12/h2-4,9,18H,5-8,10-11H2,1H3/t14-,15-. The highest BCUT2D eigenvalue weighted by Gasteiger charge is 2.50. The van der Waals surface area contributed by atoms with Crippen molar-refractivity contribution in [1.82, 2.24) is 4.98 Å². The molecule has 0 bridgehead atoms. The number of rotatable bonds is 2. The summed E-state index contributed by atoms with van der Waals surface area (Å²) in [6.07, 6.45) is 4.74. The molecule has 1 aromatic heterocycles. The van der Waals surface area contributed by atoms with Gasteiger partial charge in [-0.1, -0.05) is 13.0 Å². The van der Waals surface area contributed by atoms with Crippen LogP contribution in [0.2, 0.25) is 0 Å². The molecule has 1 saturated carbocycles. The number of hydrogen-bond acceptors (Lipinski definition) is 4. The summed E-state index contributed by atoms with van der Waals surface area (Å²) in [5, 5.41) is 9.44. The first-order valence-electron chi connectivity index (χ1n) is 7.08. The lowest BCUT2D eigenvalue weighted by atomic mass is 9.70. The lowest BCUT2D eigenvalue weighted by Gasteiger charge is -2.40. The number of pyridine rings is 1. The van der Waals surface area contributed by atoms with E-state index in [0.29, 0.717) is 12.4 Å². The summed E-state index contributed by atoms with van der Waals surface area (Å²) >= 11 is 0. The predicted molar refractivity (Wildman–Crippen MR) is 74.5 cm³/mol. The molecule has 5 nitrogen and oxygen atoms in total. The fourth-order valence-corrected chi connectivity index (χ4v) is 3.04. The Hall–Kier alpha value is -1.62. The Morgan fingerprint density at radius 1 is 1.35 bits per heavy atom. The third kappa shape index (κ3) is 2.26. The van der Waals surface area contributed by atoms with Gasteiger partial charge in [-0.3, -0.25) is 4.90 Å². The largest absolute Gasteiger partial charge is 0.441 e. The van der Waals surface area contributed by atoms with Gasteiger partial charge in [-0.2, -0.15) is 0 Å². The van der Waals surface area contributed by atoms with E-state index in [9.17, 15) is 9.90 Å². The zero-order valence-electron chi connectivity index (χ0n) is 11.7. The summed E-state index contributed by atoms with van der Waals surface area (Å²) in [5.41, 5.74) is -0.431. The predicted octanol–water partition coefficient (Wildman–Crippen LogP) is 2.35. The molecule has 1 aliphatic carbocycles. The maximum atomic E-state index is 12.1. The van der Waals surface area contributed by atoms with Gasteiger partial charge in [0.2, 0.25) is 0 Å². The van der Waals surface area contributed by atoms with Crippen LogP contribution < -0.4 is 4.90 Å². The van der Waals surface area contributed by atoms with Crippen LogP contribution in [-0.2, 0) is 4.74 Å². The number of ether oxygens (including phenoxy) is 1. The number of amides is 1. The quantitative estimate of drug-likeness (QED) is 0.900. The molecule has 1 aliphatic heterocycles. The minimum atomic E-state index is -0.400. The molecule has 2 fully saturated rings. The van der Waals surface area contributed by atoms with E-state index >= 15 is 0 Å². The number of aromatic nitrogens is 1. The van der Waals surface area contributed by atoms with Gasteiger partial charge in [0.1, 0.15) is 11.4 Å². The molecule has 0 aromatic carbocycles. The highest BCUT2D eigenvalue weighted by atomic mass is 16.6. The van der Waals surface area contributed by atoms with Gasteiger partial charge in [0, 0.05) is 12.8 Å². The molecule has 1 N–H and O–H groups in total. The van der Waals surface area contributed by atoms with Gasteiger partial charge in [0.05, 0.1) is 6.54 Å². The van der Waals surface area contributed by atoms with Gasteiger partial charge in [0.25, 0.3) is 0 Å². The van der Waals surface area contributed by atoms with Crippen LogP contribution in [0, 0.1) is 5.41 Å². The summed E-state index contributed by atoms with van der Waals surface area (Å²) in [5.74, 6) is 0.643. The van der Waals surface area contributed by atoms with Gasteiger partial charge >= 0.3 is 6.09 Å². The van der Waals surface area contributed by atoms with Gasteiger partial charge in [-0.05, 0) is 43.2 Å². The Bertz CT molecular complexity index is 495. The monoisotopic (exact) mass is 276 g/mol. The van der Waals surface area contributed by atoms with E-state index in [4.69, 9.17) is 4.74 Å². The molecule has 1 saturated heterocycles. The second-order valence-electron chi connectivity index (χ2n) is 6.29. The Balaban J connectivity index is 1.75. The van der Waals surface area contributed by atoms with Gasteiger partial charge in [-0.25, -0.2) is 9.78 Å². The fourth-order valence-electron chi connectivity index (χ4n) is 3.04. The Kier molecular flexibility index (Phi) is 3.17. The zero-order valence-corrected chi connectivity index (χ0v) is 11.7. The maximum absolute atomic E-state index is 12.1. The molecule has 3 rings (SSSR count). The van der Waals surface area contributed by atoms with Crippen molar-refractivity contribution in [2.45, 2.75) is 38.2 Å². The number of carbonyl (C=O) groups is 1. The molecule has 0 unspecified atom stereocenters. The maximum Gasteiger partial charge on any atom is 0.416 e. The Morgan fingerprint density at radius 2 is 2.10 bits per heavy atom. The number of aliphatic hydroxyl groups is 1. The van der Waals surface area contributed by atoms with Gasteiger partial charge < -0.3 is 9.84 Å². The van der Waals surface area contributed by atoms with Crippen molar-refractivity contribution in [3.05, 3.63) is 24.4 Å². The van der Waals surface area contributed by atoms with Crippen molar-refractivity contribution in [3.8, 4) is 0 Å². The molecule has 1 aromatic rings. The van der Waals surface area contributed by atoms with Crippen LogP contribution in [0.4, 0.5) is 10.6 Å². The van der Waals surface area contributed by atoms with E-state index < -0.39 is 5.60 Å². The normalized spacial score (nSPS) is 33.5. The minimum absolute atomic E-state index is 0.0317. The summed E-state index contributed by atoms with van der Waals surface area (Å²) in [6.45, 7) is 2.85. The van der Waals surface area contributed by atoms with Crippen LogP contribution in [0.15, 0.2) is 24.4 Å². The highest BCUT2D eigenvalue weighted by molar-refractivity contribution is 5.89. The first kappa shape index (κ1) is 13.4. The van der Waals surface area contributed by atoms with Crippen molar-refractivity contribution in [2.75, 3.05) is 18.1 Å². The average Bonchev–Trinajstić information content (AvgIpc) is 2.81. The van der Waals surface area contributed by atoms with Crippen molar-refractivity contribution < 1.29 is 14.6 Å². The topological polar surface area (TPSA) is 62.7 Å². The molecule has 0 atom stereocenters. The average molecular weight is 276 g/mol. The van der Waals surface area contributed by atoms with Gasteiger partial charge in [-0.15, -0.1) is 0 Å². The number of nitrogens with zero attached hydrogens (tertiary/aromatic N) is 2. The molecule has 5 heteroatoms. The SMILES string of the molecule is C[C@]1(CO)CC[C@]2(CC1)CN(c1ccccn1)C(=O)O2. The smallest absolute Gasteiger partial charge is 0.416 e. The van der Waals surface area contributed by atoms with Crippen LogP contribution in [0.1, 0.15) is 32.6 Å². The fraction of sp³-hybridized carbons (Fsp3) is 0.600. The first-order valence-corrected chi connectivity index (χ1v) is 7.08. The lowest BCUT2D eigenvalue weighted by molar-refractivity contribution is -0.0231. The molecule has 20 heavy (non-hydrogen) atoms. The van der Waals surface area contributed by atoms with Crippen molar-refractivity contribution in [1.29, 1.82) is 0 Å². The highest BCUT2D eigenvalue weighted by Crippen LogP contribution is 2.45. The lowest BCUT2D eigenvalue weighted by Crippen LogP contribution is -2.42. The summed E-state index contributed by atoms with van der Waals surface area (Å²) in [6, 6.07) is 5.51. The van der Waals surface area contributed by atoms with Crippen molar-refractivity contribution in [2.24, 2.45) is 5.41 Å². The summed E-state index contributed by atoms with van der Waals surface area (Å²) in [7, 11) is 0. The molecular weight excluding hydrogens is 256 g/mol. The molecule has 1 amide bonds. The second kappa shape index (κ2) is 4.74. The number of aliphatic hydroxyl groups excluding tert-OH is 1. The molecule has 0 radical (unpaired) electrons.